The van der Waals surface area contributed by atoms with E-state index in [0.717, 1.165) is 40.1 Å². The number of H-pyrrole nitrogens is 1. The molecule has 5 heterocycles. The van der Waals surface area contributed by atoms with Gasteiger partial charge in [0.25, 0.3) is 5.56 Å². The van der Waals surface area contributed by atoms with Gasteiger partial charge in [0.15, 0.2) is 11.6 Å². The molecular weight excluding hydrogens is 350 g/mol. The first-order valence-electron chi connectivity index (χ1n) is 8.47. The zero-order valence-corrected chi connectivity index (χ0v) is 15.0. The molecule has 0 saturated carbocycles. The van der Waals surface area contributed by atoms with Crippen LogP contribution in [0.15, 0.2) is 34.7 Å². The summed E-state index contributed by atoms with van der Waals surface area (Å²) in [6.45, 7) is 3.04. The first-order chi connectivity index (χ1) is 12.7. The van der Waals surface area contributed by atoms with Crippen molar-refractivity contribution in [1.29, 1.82) is 0 Å². The zero-order chi connectivity index (χ0) is 17.7. The van der Waals surface area contributed by atoms with Crippen LogP contribution in [0.3, 0.4) is 0 Å². The standard InChI is InChI=1S/C18H17N5O2S/c1-22-10-12(11-2-4-19-14(11)18(22)24)16-20-13-3-9-26-15(13)17(21-16)23-5-7-25-8-6-23/h2-4,9-10,19H,5-8H2,1H3. The van der Waals surface area contributed by atoms with Gasteiger partial charge in [-0.15, -0.1) is 11.3 Å². The predicted octanol–water partition coefficient (Wildman–Crippen LogP) is 2.37. The first-order valence-corrected chi connectivity index (χ1v) is 9.35. The molecule has 1 aliphatic rings. The molecule has 1 fully saturated rings. The van der Waals surface area contributed by atoms with E-state index in [2.05, 4.69) is 9.88 Å². The van der Waals surface area contributed by atoms with E-state index in [0.29, 0.717) is 24.6 Å². The topological polar surface area (TPSA) is 76.0 Å². The molecule has 5 rings (SSSR count). The lowest BCUT2D eigenvalue weighted by Crippen LogP contribution is -2.36. The first kappa shape index (κ1) is 15.5. The smallest absolute Gasteiger partial charge is 0.274 e. The summed E-state index contributed by atoms with van der Waals surface area (Å²) < 4.78 is 8.14. The van der Waals surface area contributed by atoms with Crippen LogP contribution in [0.25, 0.3) is 32.5 Å². The number of aromatic nitrogens is 4. The maximum atomic E-state index is 12.3. The van der Waals surface area contributed by atoms with Gasteiger partial charge in [0.05, 0.1) is 23.4 Å². The molecule has 0 spiro atoms. The summed E-state index contributed by atoms with van der Waals surface area (Å²) in [5, 5.41) is 2.88. The molecule has 0 bridgehead atoms. The van der Waals surface area contributed by atoms with E-state index < -0.39 is 0 Å². The van der Waals surface area contributed by atoms with Crippen molar-refractivity contribution in [2.24, 2.45) is 7.05 Å². The SMILES string of the molecule is Cn1cc(-c2nc(N3CCOCC3)c3sccc3n2)c2cc[nH]c2c1=O. The number of pyridine rings is 1. The highest BCUT2D eigenvalue weighted by atomic mass is 32.1. The number of thiophene rings is 1. The van der Waals surface area contributed by atoms with E-state index >= 15 is 0 Å². The van der Waals surface area contributed by atoms with Crippen LogP contribution in [0.4, 0.5) is 5.82 Å². The Balaban J connectivity index is 1.77. The minimum Gasteiger partial charge on any atom is -0.378 e. The van der Waals surface area contributed by atoms with Crippen molar-refractivity contribution in [2.45, 2.75) is 0 Å². The molecule has 4 aromatic rings. The van der Waals surface area contributed by atoms with Gasteiger partial charge >= 0.3 is 0 Å². The Hall–Kier alpha value is -2.71. The van der Waals surface area contributed by atoms with Gasteiger partial charge < -0.3 is 19.2 Å². The summed E-state index contributed by atoms with van der Waals surface area (Å²) in [5.41, 5.74) is 2.30. The predicted molar refractivity (Wildman–Crippen MR) is 103 cm³/mol. The minimum absolute atomic E-state index is 0.0567. The summed E-state index contributed by atoms with van der Waals surface area (Å²) in [4.78, 5) is 27.3. The van der Waals surface area contributed by atoms with Gasteiger partial charge in [-0.05, 0) is 17.5 Å². The average molecular weight is 367 g/mol. The Morgan fingerprint density at radius 3 is 2.92 bits per heavy atom. The molecule has 1 saturated heterocycles. The Bertz CT molecular complexity index is 1170. The van der Waals surface area contributed by atoms with Crippen LogP contribution < -0.4 is 10.5 Å². The van der Waals surface area contributed by atoms with Crippen molar-refractivity contribution in [1.82, 2.24) is 19.5 Å². The fourth-order valence-electron chi connectivity index (χ4n) is 3.41. The fourth-order valence-corrected chi connectivity index (χ4v) is 4.25. The molecule has 4 aromatic heterocycles. The van der Waals surface area contributed by atoms with Crippen LogP contribution in [0.2, 0.25) is 0 Å². The molecule has 26 heavy (non-hydrogen) atoms. The van der Waals surface area contributed by atoms with E-state index in [4.69, 9.17) is 14.7 Å². The van der Waals surface area contributed by atoms with E-state index in [-0.39, 0.29) is 5.56 Å². The molecule has 1 N–H and O–H groups in total. The molecule has 0 aromatic carbocycles. The molecule has 1 aliphatic heterocycles. The number of hydrogen-bond acceptors (Lipinski definition) is 6. The number of nitrogens with zero attached hydrogens (tertiary/aromatic N) is 4. The van der Waals surface area contributed by atoms with Crippen molar-refractivity contribution in [3.05, 3.63) is 40.3 Å². The number of hydrogen-bond donors (Lipinski definition) is 1. The molecule has 8 heteroatoms. The van der Waals surface area contributed by atoms with Gasteiger partial charge in [-0.2, -0.15) is 0 Å². The molecular formula is C18H17N5O2S. The van der Waals surface area contributed by atoms with Crippen molar-refractivity contribution in [3.63, 3.8) is 0 Å². The largest absolute Gasteiger partial charge is 0.378 e. The van der Waals surface area contributed by atoms with Gasteiger partial charge in [0.1, 0.15) is 5.52 Å². The molecule has 0 aliphatic carbocycles. The summed E-state index contributed by atoms with van der Waals surface area (Å²) in [5.74, 6) is 1.58. The monoisotopic (exact) mass is 367 g/mol. The number of fused-ring (bicyclic) bond motifs is 2. The van der Waals surface area contributed by atoms with Crippen molar-refractivity contribution < 1.29 is 4.74 Å². The number of ether oxygens (including phenoxy) is 1. The molecule has 0 amide bonds. The Labute approximate surface area is 152 Å². The van der Waals surface area contributed by atoms with Gasteiger partial charge in [-0.1, -0.05) is 0 Å². The third-order valence-electron chi connectivity index (χ3n) is 4.73. The van der Waals surface area contributed by atoms with Gasteiger partial charge in [0, 0.05) is 43.5 Å². The number of morpholine rings is 1. The molecule has 0 radical (unpaired) electrons. The lowest BCUT2D eigenvalue weighted by molar-refractivity contribution is 0.122. The second-order valence-electron chi connectivity index (χ2n) is 6.33. The van der Waals surface area contributed by atoms with Gasteiger partial charge in [-0.25, -0.2) is 9.97 Å². The van der Waals surface area contributed by atoms with E-state index in [9.17, 15) is 4.79 Å². The second kappa shape index (κ2) is 5.93. The third kappa shape index (κ3) is 2.33. The maximum absolute atomic E-state index is 12.3. The van der Waals surface area contributed by atoms with Crippen LogP contribution in [-0.4, -0.2) is 45.8 Å². The van der Waals surface area contributed by atoms with Crippen LogP contribution in [0.1, 0.15) is 0 Å². The second-order valence-corrected chi connectivity index (χ2v) is 7.25. The molecule has 132 valence electrons. The summed E-state index contributed by atoms with van der Waals surface area (Å²) in [6, 6.07) is 3.92. The van der Waals surface area contributed by atoms with E-state index in [1.807, 2.05) is 23.7 Å². The highest BCUT2D eigenvalue weighted by molar-refractivity contribution is 7.17. The van der Waals surface area contributed by atoms with Crippen molar-refractivity contribution in [2.75, 3.05) is 31.2 Å². The highest BCUT2D eigenvalue weighted by Gasteiger charge is 2.20. The average Bonchev–Trinajstić information content (AvgIpc) is 3.34. The lowest BCUT2D eigenvalue weighted by atomic mass is 10.1. The number of aryl methyl sites for hydroxylation is 1. The summed E-state index contributed by atoms with van der Waals surface area (Å²) in [7, 11) is 1.75. The van der Waals surface area contributed by atoms with Gasteiger partial charge in [-0.3, -0.25) is 4.79 Å². The van der Waals surface area contributed by atoms with Crippen molar-refractivity contribution in [3.8, 4) is 11.4 Å². The normalized spacial score (nSPS) is 15.2. The summed E-state index contributed by atoms with van der Waals surface area (Å²) >= 11 is 1.65. The zero-order valence-electron chi connectivity index (χ0n) is 14.2. The van der Waals surface area contributed by atoms with E-state index in [1.165, 1.54) is 0 Å². The lowest BCUT2D eigenvalue weighted by Gasteiger charge is -2.28. The Morgan fingerprint density at radius 2 is 2.08 bits per heavy atom. The molecule has 0 atom stereocenters. The van der Waals surface area contributed by atoms with Crippen LogP contribution in [0.5, 0.6) is 0 Å². The maximum Gasteiger partial charge on any atom is 0.274 e. The van der Waals surface area contributed by atoms with Gasteiger partial charge in [0.2, 0.25) is 0 Å². The number of anilines is 1. The number of rotatable bonds is 2. The van der Waals surface area contributed by atoms with E-state index in [1.54, 1.807) is 29.1 Å². The quantitative estimate of drug-likeness (QED) is 0.589. The Kier molecular flexibility index (Phi) is 3.54. The molecule has 0 unspecified atom stereocenters. The molecule has 7 nitrogen and oxygen atoms in total. The minimum atomic E-state index is -0.0567. The Morgan fingerprint density at radius 1 is 1.23 bits per heavy atom. The summed E-state index contributed by atoms with van der Waals surface area (Å²) in [6.07, 6.45) is 3.59. The van der Waals surface area contributed by atoms with Crippen LogP contribution in [0, 0.1) is 0 Å². The van der Waals surface area contributed by atoms with Crippen molar-refractivity contribution >= 4 is 38.3 Å². The number of aromatic amines is 1. The third-order valence-corrected chi connectivity index (χ3v) is 5.63. The number of nitrogens with one attached hydrogen (secondary N) is 1. The van der Waals surface area contributed by atoms with Crippen LogP contribution >= 0.6 is 11.3 Å². The highest BCUT2D eigenvalue weighted by Crippen LogP contribution is 2.33. The fraction of sp³-hybridized carbons (Fsp3) is 0.278. The van der Waals surface area contributed by atoms with Crippen LogP contribution in [-0.2, 0) is 11.8 Å².